The van der Waals surface area contributed by atoms with Gasteiger partial charge in [-0.05, 0) is 24.5 Å². The molecule has 0 aliphatic carbocycles. The van der Waals surface area contributed by atoms with Crippen LogP contribution < -0.4 is 16.6 Å². The zero-order valence-corrected chi connectivity index (χ0v) is 11.1. The van der Waals surface area contributed by atoms with Crippen molar-refractivity contribution >= 4 is 11.7 Å². The summed E-state index contributed by atoms with van der Waals surface area (Å²) in [5, 5.41) is 2.87. The summed E-state index contributed by atoms with van der Waals surface area (Å²) in [6.45, 7) is 5.09. The Morgan fingerprint density at radius 1 is 1.44 bits per heavy atom. The van der Waals surface area contributed by atoms with Crippen molar-refractivity contribution in [2.45, 2.75) is 33.1 Å². The van der Waals surface area contributed by atoms with Gasteiger partial charge >= 0.3 is 0 Å². The van der Waals surface area contributed by atoms with Gasteiger partial charge in [-0.3, -0.25) is 4.79 Å². The van der Waals surface area contributed by atoms with Gasteiger partial charge in [0.25, 0.3) is 5.91 Å². The van der Waals surface area contributed by atoms with E-state index in [2.05, 4.69) is 29.6 Å². The molecule has 0 saturated heterocycles. The van der Waals surface area contributed by atoms with Crippen LogP contribution in [-0.4, -0.2) is 17.4 Å². The van der Waals surface area contributed by atoms with E-state index in [1.54, 1.807) is 18.3 Å². The Labute approximate surface area is 108 Å². The monoisotopic (exact) mass is 250 g/mol. The third-order valence-electron chi connectivity index (χ3n) is 2.68. The minimum absolute atomic E-state index is 0.138. The first kappa shape index (κ1) is 14.4. The molecule has 1 aromatic rings. The first-order chi connectivity index (χ1) is 8.65. The van der Waals surface area contributed by atoms with E-state index in [-0.39, 0.29) is 5.91 Å². The largest absolute Gasteiger partial charge is 0.352 e. The molecule has 5 nitrogen and oxygen atoms in total. The maximum absolute atomic E-state index is 11.9. The van der Waals surface area contributed by atoms with Crippen molar-refractivity contribution < 1.29 is 4.79 Å². The van der Waals surface area contributed by atoms with Crippen molar-refractivity contribution in [1.82, 2.24) is 10.3 Å². The molecule has 0 bridgehead atoms. The van der Waals surface area contributed by atoms with Crippen molar-refractivity contribution in [2.24, 2.45) is 11.8 Å². The predicted octanol–water partition coefficient (Wildman–Crippen LogP) is 1.92. The molecule has 0 atom stereocenters. The van der Waals surface area contributed by atoms with E-state index in [4.69, 9.17) is 5.84 Å². The minimum atomic E-state index is -0.138. The van der Waals surface area contributed by atoms with Crippen molar-refractivity contribution in [3.05, 3.63) is 23.9 Å². The second kappa shape index (κ2) is 7.66. The van der Waals surface area contributed by atoms with Gasteiger partial charge in [0.2, 0.25) is 0 Å². The molecule has 0 fully saturated rings. The van der Waals surface area contributed by atoms with Crippen molar-refractivity contribution in [2.75, 3.05) is 12.0 Å². The van der Waals surface area contributed by atoms with E-state index in [0.717, 1.165) is 12.8 Å². The molecule has 1 rings (SSSR count). The van der Waals surface area contributed by atoms with E-state index < -0.39 is 0 Å². The number of nitrogens with zero attached hydrogens (tertiary/aromatic N) is 1. The maximum Gasteiger partial charge on any atom is 0.255 e. The standard InChI is InChI=1S/C13H22N4O/c1-10(2)6-3-4-8-16-13(18)11-7-5-9-15-12(11)17-14/h5,7,9-10H,3-4,6,8,14H2,1-2H3,(H,15,17)(H,16,18). The number of nitrogens with two attached hydrogens (primary N) is 1. The number of unbranched alkanes of at least 4 members (excludes halogenated alkanes) is 1. The molecule has 0 aliphatic heterocycles. The van der Waals surface area contributed by atoms with Gasteiger partial charge in [-0.2, -0.15) is 0 Å². The molecule has 1 amide bonds. The first-order valence-corrected chi connectivity index (χ1v) is 6.35. The molecule has 4 N–H and O–H groups in total. The molecular formula is C13H22N4O. The molecule has 18 heavy (non-hydrogen) atoms. The highest BCUT2D eigenvalue weighted by Gasteiger charge is 2.10. The number of anilines is 1. The summed E-state index contributed by atoms with van der Waals surface area (Å²) in [6, 6.07) is 3.42. The minimum Gasteiger partial charge on any atom is -0.352 e. The number of nitrogens with one attached hydrogen (secondary N) is 2. The molecule has 0 saturated carbocycles. The molecular weight excluding hydrogens is 228 g/mol. The smallest absolute Gasteiger partial charge is 0.255 e. The molecule has 1 heterocycles. The van der Waals surface area contributed by atoms with Crippen LogP contribution >= 0.6 is 0 Å². The lowest BCUT2D eigenvalue weighted by atomic mass is 10.1. The summed E-state index contributed by atoms with van der Waals surface area (Å²) < 4.78 is 0. The molecule has 0 aliphatic rings. The van der Waals surface area contributed by atoms with Crippen LogP contribution in [-0.2, 0) is 0 Å². The summed E-state index contributed by atoms with van der Waals surface area (Å²) in [5.74, 6) is 6.28. The highest BCUT2D eigenvalue weighted by atomic mass is 16.1. The zero-order valence-electron chi connectivity index (χ0n) is 11.1. The van der Waals surface area contributed by atoms with Crippen LogP contribution in [0.25, 0.3) is 0 Å². The lowest BCUT2D eigenvalue weighted by molar-refractivity contribution is 0.0953. The molecule has 100 valence electrons. The van der Waals surface area contributed by atoms with Crippen molar-refractivity contribution in [1.29, 1.82) is 0 Å². The molecule has 0 radical (unpaired) electrons. The lowest BCUT2D eigenvalue weighted by Crippen LogP contribution is -2.26. The van der Waals surface area contributed by atoms with E-state index in [0.29, 0.717) is 23.8 Å². The van der Waals surface area contributed by atoms with Crippen LogP contribution in [0.4, 0.5) is 5.82 Å². The third-order valence-corrected chi connectivity index (χ3v) is 2.68. The van der Waals surface area contributed by atoms with Gasteiger partial charge in [0.05, 0.1) is 5.56 Å². The Balaban J connectivity index is 2.36. The molecule has 1 aromatic heterocycles. The maximum atomic E-state index is 11.9. The number of aromatic nitrogens is 1. The van der Waals surface area contributed by atoms with Crippen LogP contribution in [0, 0.1) is 5.92 Å². The Morgan fingerprint density at radius 3 is 2.89 bits per heavy atom. The van der Waals surface area contributed by atoms with Gasteiger partial charge in [0.15, 0.2) is 5.82 Å². The predicted molar refractivity (Wildman–Crippen MR) is 73.1 cm³/mol. The number of hydrogen-bond acceptors (Lipinski definition) is 4. The Bertz CT molecular complexity index is 379. The fourth-order valence-corrected chi connectivity index (χ4v) is 1.68. The van der Waals surface area contributed by atoms with Crippen LogP contribution in [0.3, 0.4) is 0 Å². The average molecular weight is 250 g/mol. The highest BCUT2D eigenvalue weighted by molar-refractivity contribution is 5.98. The number of amides is 1. The highest BCUT2D eigenvalue weighted by Crippen LogP contribution is 2.09. The molecule has 0 unspecified atom stereocenters. The summed E-state index contributed by atoms with van der Waals surface area (Å²) >= 11 is 0. The van der Waals surface area contributed by atoms with E-state index in [1.807, 2.05) is 0 Å². The fraction of sp³-hybridized carbons (Fsp3) is 0.538. The van der Waals surface area contributed by atoms with E-state index in [1.165, 1.54) is 6.42 Å². The van der Waals surface area contributed by atoms with Crippen LogP contribution in [0.1, 0.15) is 43.5 Å². The number of hydrazine groups is 1. The summed E-state index contributed by atoms with van der Waals surface area (Å²) in [4.78, 5) is 15.9. The van der Waals surface area contributed by atoms with Gasteiger partial charge in [0, 0.05) is 12.7 Å². The summed E-state index contributed by atoms with van der Waals surface area (Å²) in [7, 11) is 0. The average Bonchev–Trinajstić information content (AvgIpc) is 2.37. The zero-order chi connectivity index (χ0) is 13.4. The van der Waals surface area contributed by atoms with Crippen LogP contribution in [0.5, 0.6) is 0 Å². The Morgan fingerprint density at radius 2 is 2.22 bits per heavy atom. The van der Waals surface area contributed by atoms with Gasteiger partial charge in [-0.25, -0.2) is 10.8 Å². The SMILES string of the molecule is CC(C)CCCCNC(=O)c1cccnc1NN. The lowest BCUT2D eigenvalue weighted by Gasteiger charge is -2.09. The first-order valence-electron chi connectivity index (χ1n) is 6.35. The normalized spacial score (nSPS) is 10.4. The molecule has 0 aromatic carbocycles. The molecule has 0 spiro atoms. The Kier molecular flexibility index (Phi) is 6.14. The fourth-order valence-electron chi connectivity index (χ4n) is 1.68. The third kappa shape index (κ3) is 4.71. The number of nitrogen functional groups attached to an aromatic ring is 1. The van der Waals surface area contributed by atoms with Gasteiger partial charge < -0.3 is 10.7 Å². The number of carbonyl (C=O) groups is 1. The molecule has 5 heteroatoms. The van der Waals surface area contributed by atoms with Crippen LogP contribution in [0.2, 0.25) is 0 Å². The topological polar surface area (TPSA) is 80.0 Å². The number of hydrogen-bond donors (Lipinski definition) is 3. The van der Waals surface area contributed by atoms with Gasteiger partial charge in [-0.1, -0.05) is 26.7 Å². The van der Waals surface area contributed by atoms with Crippen molar-refractivity contribution in [3.8, 4) is 0 Å². The number of pyridine rings is 1. The van der Waals surface area contributed by atoms with Gasteiger partial charge in [0.1, 0.15) is 0 Å². The van der Waals surface area contributed by atoms with Crippen LogP contribution in [0.15, 0.2) is 18.3 Å². The number of carbonyl (C=O) groups excluding carboxylic acids is 1. The van der Waals surface area contributed by atoms with Crippen molar-refractivity contribution in [3.63, 3.8) is 0 Å². The quantitative estimate of drug-likeness (QED) is 0.392. The van der Waals surface area contributed by atoms with E-state index in [9.17, 15) is 4.79 Å². The summed E-state index contributed by atoms with van der Waals surface area (Å²) in [5.41, 5.74) is 2.90. The van der Waals surface area contributed by atoms with Gasteiger partial charge in [-0.15, -0.1) is 0 Å². The second-order valence-electron chi connectivity index (χ2n) is 4.69. The van der Waals surface area contributed by atoms with E-state index >= 15 is 0 Å². The second-order valence-corrected chi connectivity index (χ2v) is 4.69. The number of rotatable bonds is 7. The summed E-state index contributed by atoms with van der Waals surface area (Å²) in [6.07, 6.45) is 4.91. The Hall–Kier alpha value is -1.62.